The quantitative estimate of drug-likeness (QED) is 0.940. The van der Waals surface area contributed by atoms with Crippen molar-refractivity contribution in [2.24, 2.45) is 5.92 Å². The third-order valence-corrected chi connectivity index (χ3v) is 4.60. The fourth-order valence-electron chi connectivity index (χ4n) is 2.95. The van der Waals surface area contributed by atoms with Crippen LogP contribution in [-0.2, 0) is 5.41 Å². The third-order valence-electron chi connectivity index (χ3n) is 4.60. The minimum absolute atomic E-state index is 0.0939. The maximum Gasteiger partial charge on any atom is 0.232 e. The molecule has 4 nitrogen and oxygen atoms in total. The summed E-state index contributed by atoms with van der Waals surface area (Å²) >= 11 is 0. The first-order chi connectivity index (χ1) is 10.1. The van der Waals surface area contributed by atoms with Crippen molar-refractivity contribution in [1.82, 2.24) is 15.5 Å². The molecule has 0 saturated carbocycles. The normalized spacial score (nSPS) is 19.7. The Kier molecular flexibility index (Phi) is 3.81. The predicted molar refractivity (Wildman–Crippen MR) is 83.1 cm³/mol. The van der Waals surface area contributed by atoms with Gasteiger partial charge < -0.3 is 9.84 Å². The second-order valence-corrected chi connectivity index (χ2v) is 6.55. The molecule has 112 valence electrons. The first-order valence-electron chi connectivity index (χ1n) is 7.69. The molecule has 0 spiro atoms. The minimum atomic E-state index is -0.0939. The van der Waals surface area contributed by atoms with E-state index in [0.717, 1.165) is 24.5 Å². The van der Waals surface area contributed by atoms with Crippen molar-refractivity contribution in [3.63, 3.8) is 0 Å². The number of aryl methyl sites for hydroxylation is 1. The van der Waals surface area contributed by atoms with Crippen LogP contribution in [0.4, 0.5) is 0 Å². The van der Waals surface area contributed by atoms with E-state index in [4.69, 9.17) is 4.52 Å². The maximum atomic E-state index is 5.58. The zero-order valence-corrected chi connectivity index (χ0v) is 13.0. The first-order valence-corrected chi connectivity index (χ1v) is 7.69. The molecule has 1 N–H and O–H groups in total. The minimum Gasteiger partial charge on any atom is -0.338 e. The Hall–Kier alpha value is -1.68. The second-order valence-electron chi connectivity index (χ2n) is 6.55. The van der Waals surface area contributed by atoms with Crippen molar-refractivity contribution in [1.29, 1.82) is 0 Å². The molecule has 4 heteroatoms. The third kappa shape index (κ3) is 2.86. The van der Waals surface area contributed by atoms with E-state index in [1.54, 1.807) is 0 Å². The lowest BCUT2D eigenvalue weighted by atomic mass is 9.75. The van der Waals surface area contributed by atoms with E-state index < -0.39 is 0 Å². The van der Waals surface area contributed by atoms with E-state index in [1.807, 2.05) is 12.1 Å². The van der Waals surface area contributed by atoms with E-state index in [0.29, 0.717) is 11.7 Å². The molecule has 1 fully saturated rings. The van der Waals surface area contributed by atoms with Gasteiger partial charge in [0, 0.05) is 11.0 Å². The summed E-state index contributed by atoms with van der Waals surface area (Å²) < 4.78 is 5.58. The van der Waals surface area contributed by atoms with Crippen LogP contribution in [0.25, 0.3) is 11.4 Å². The zero-order valence-electron chi connectivity index (χ0n) is 13.0. The van der Waals surface area contributed by atoms with Gasteiger partial charge in [0.1, 0.15) is 0 Å². The number of aromatic nitrogens is 2. The number of hydrogen-bond donors (Lipinski definition) is 1. The van der Waals surface area contributed by atoms with Crippen LogP contribution in [0.3, 0.4) is 0 Å². The summed E-state index contributed by atoms with van der Waals surface area (Å²) in [6.45, 7) is 8.62. The molecule has 2 aromatic rings. The summed E-state index contributed by atoms with van der Waals surface area (Å²) in [6.07, 6.45) is 2.43. The number of benzene rings is 1. The van der Waals surface area contributed by atoms with Crippen molar-refractivity contribution in [2.45, 2.75) is 39.0 Å². The standard InChI is InChI=1S/C17H23N3O/c1-12-6-8-13(9-7-12)15-19-16(21-20-15)17(2,3)14-5-4-10-18-11-14/h6-9,14,18H,4-5,10-11H2,1-3H3. The van der Waals surface area contributed by atoms with Crippen molar-refractivity contribution in [3.8, 4) is 11.4 Å². The molecule has 0 amide bonds. The van der Waals surface area contributed by atoms with Gasteiger partial charge in [-0.1, -0.05) is 48.8 Å². The Bertz CT molecular complexity index is 595. The number of nitrogens with zero attached hydrogens (tertiary/aromatic N) is 2. The average Bonchev–Trinajstić information content (AvgIpc) is 2.99. The van der Waals surface area contributed by atoms with Gasteiger partial charge in [0.25, 0.3) is 0 Å². The molecular weight excluding hydrogens is 262 g/mol. The lowest BCUT2D eigenvalue weighted by Gasteiger charge is -2.34. The molecule has 21 heavy (non-hydrogen) atoms. The van der Waals surface area contributed by atoms with Gasteiger partial charge in [0.15, 0.2) is 0 Å². The second kappa shape index (κ2) is 5.60. The molecule has 0 bridgehead atoms. The number of rotatable bonds is 3. The molecule has 3 rings (SSSR count). The Morgan fingerprint density at radius 3 is 2.67 bits per heavy atom. The monoisotopic (exact) mass is 285 g/mol. The van der Waals surface area contributed by atoms with Crippen LogP contribution in [-0.4, -0.2) is 23.2 Å². The first kappa shape index (κ1) is 14.3. The summed E-state index contributed by atoms with van der Waals surface area (Å²) in [6, 6.07) is 8.22. The van der Waals surface area contributed by atoms with Crippen LogP contribution in [0.1, 0.15) is 38.1 Å². The Labute approximate surface area is 126 Å². The fraction of sp³-hybridized carbons (Fsp3) is 0.529. The molecule has 1 aliphatic rings. The maximum absolute atomic E-state index is 5.58. The van der Waals surface area contributed by atoms with Gasteiger partial charge in [-0.25, -0.2) is 0 Å². The van der Waals surface area contributed by atoms with Gasteiger partial charge >= 0.3 is 0 Å². The Morgan fingerprint density at radius 2 is 2.00 bits per heavy atom. The van der Waals surface area contributed by atoms with Crippen LogP contribution in [0, 0.1) is 12.8 Å². The van der Waals surface area contributed by atoms with E-state index in [9.17, 15) is 0 Å². The molecule has 1 unspecified atom stereocenters. The predicted octanol–water partition coefficient (Wildman–Crippen LogP) is 3.32. The van der Waals surface area contributed by atoms with Gasteiger partial charge in [-0.3, -0.25) is 0 Å². The molecule has 1 saturated heterocycles. The summed E-state index contributed by atoms with van der Waals surface area (Å²) in [5.41, 5.74) is 2.15. The van der Waals surface area contributed by atoms with Crippen molar-refractivity contribution < 1.29 is 4.52 Å². The van der Waals surface area contributed by atoms with E-state index >= 15 is 0 Å². The molecule has 2 heterocycles. The zero-order chi connectivity index (χ0) is 14.9. The van der Waals surface area contributed by atoms with Crippen molar-refractivity contribution >= 4 is 0 Å². The SMILES string of the molecule is Cc1ccc(-c2noc(C(C)(C)C3CCCNC3)n2)cc1. The summed E-state index contributed by atoms with van der Waals surface area (Å²) in [5.74, 6) is 1.96. The highest BCUT2D eigenvalue weighted by Gasteiger charge is 2.37. The van der Waals surface area contributed by atoms with Crippen LogP contribution >= 0.6 is 0 Å². The van der Waals surface area contributed by atoms with Gasteiger partial charge in [0.2, 0.25) is 11.7 Å². The number of piperidine rings is 1. The van der Waals surface area contributed by atoms with Gasteiger partial charge in [-0.2, -0.15) is 4.98 Å². The smallest absolute Gasteiger partial charge is 0.232 e. The van der Waals surface area contributed by atoms with Crippen LogP contribution in [0.5, 0.6) is 0 Å². The lowest BCUT2D eigenvalue weighted by molar-refractivity contribution is 0.196. The molecule has 1 aromatic heterocycles. The lowest BCUT2D eigenvalue weighted by Crippen LogP contribution is -2.40. The fourth-order valence-corrected chi connectivity index (χ4v) is 2.95. The van der Waals surface area contributed by atoms with E-state index in [1.165, 1.54) is 18.4 Å². The van der Waals surface area contributed by atoms with E-state index in [2.05, 4.69) is 48.4 Å². The molecule has 0 radical (unpaired) electrons. The molecule has 1 aromatic carbocycles. The number of nitrogens with one attached hydrogen (secondary N) is 1. The van der Waals surface area contributed by atoms with E-state index in [-0.39, 0.29) is 5.41 Å². The Balaban J connectivity index is 1.84. The highest BCUT2D eigenvalue weighted by molar-refractivity contribution is 5.54. The molecule has 1 atom stereocenters. The van der Waals surface area contributed by atoms with Crippen molar-refractivity contribution in [2.75, 3.05) is 13.1 Å². The molecule has 0 aliphatic carbocycles. The van der Waals surface area contributed by atoms with Crippen LogP contribution < -0.4 is 5.32 Å². The number of hydrogen-bond acceptors (Lipinski definition) is 4. The van der Waals surface area contributed by atoms with Crippen LogP contribution in [0.15, 0.2) is 28.8 Å². The van der Waals surface area contributed by atoms with Gasteiger partial charge in [-0.15, -0.1) is 0 Å². The molecular formula is C17H23N3O. The Morgan fingerprint density at radius 1 is 1.24 bits per heavy atom. The highest BCUT2D eigenvalue weighted by Crippen LogP contribution is 2.35. The van der Waals surface area contributed by atoms with Gasteiger partial charge in [0.05, 0.1) is 0 Å². The largest absolute Gasteiger partial charge is 0.338 e. The summed E-state index contributed by atoms with van der Waals surface area (Å²) in [5, 5.41) is 7.64. The molecule has 1 aliphatic heterocycles. The van der Waals surface area contributed by atoms with Gasteiger partial charge in [-0.05, 0) is 38.8 Å². The van der Waals surface area contributed by atoms with Crippen LogP contribution in [0.2, 0.25) is 0 Å². The highest BCUT2D eigenvalue weighted by atomic mass is 16.5. The summed E-state index contributed by atoms with van der Waals surface area (Å²) in [4.78, 5) is 4.65. The van der Waals surface area contributed by atoms with Crippen molar-refractivity contribution in [3.05, 3.63) is 35.7 Å². The average molecular weight is 285 g/mol. The topological polar surface area (TPSA) is 51.0 Å². The summed E-state index contributed by atoms with van der Waals surface area (Å²) in [7, 11) is 0.